The smallest absolute Gasteiger partial charge is 0.243 e. The Morgan fingerprint density at radius 3 is 2.46 bits per heavy atom. The van der Waals surface area contributed by atoms with Gasteiger partial charge in [0.15, 0.2) is 0 Å². The number of carbonyl (C=O) groups is 1. The minimum Gasteiger partial charge on any atom is -0.383 e. The first kappa shape index (κ1) is 17.9. The van der Waals surface area contributed by atoms with Crippen molar-refractivity contribution in [3.05, 3.63) is 53.3 Å². The van der Waals surface area contributed by atoms with Crippen LogP contribution in [-0.2, 0) is 16.0 Å². The highest BCUT2D eigenvalue weighted by molar-refractivity contribution is 5.84. The maximum atomic E-state index is 12.5. The van der Waals surface area contributed by atoms with E-state index < -0.39 is 6.04 Å². The van der Waals surface area contributed by atoms with Crippen LogP contribution >= 0.6 is 0 Å². The van der Waals surface area contributed by atoms with Gasteiger partial charge in [0, 0.05) is 31.5 Å². The summed E-state index contributed by atoms with van der Waals surface area (Å²) in [5.74, 6) is 0.369. The van der Waals surface area contributed by atoms with Crippen molar-refractivity contribution in [2.45, 2.75) is 26.3 Å². The van der Waals surface area contributed by atoms with Crippen LogP contribution in [0.15, 0.2) is 36.4 Å². The molecule has 0 spiro atoms. The second-order valence-corrected chi connectivity index (χ2v) is 5.64. The molecule has 128 valence electrons. The Labute approximate surface area is 142 Å². The van der Waals surface area contributed by atoms with Crippen molar-refractivity contribution in [1.82, 2.24) is 15.3 Å². The Morgan fingerprint density at radius 2 is 1.83 bits per heavy atom. The van der Waals surface area contributed by atoms with Crippen LogP contribution in [0.25, 0.3) is 0 Å². The number of nitrogens with one attached hydrogen (secondary N) is 2. The molecule has 1 atom stereocenters. The molecule has 1 amide bonds. The lowest BCUT2D eigenvalue weighted by Gasteiger charge is -2.19. The highest BCUT2D eigenvalue weighted by Gasteiger charge is 2.20. The molecule has 1 aromatic heterocycles. The lowest BCUT2D eigenvalue weighted by atomic mass is 10.1. The molecule has 0 saturated heterocycles. The molecule has 2 N–H and O–H groups in total. The summed E-state index contributed by atoms with van der Waals surface area (Å²) in [5.41, 5.74) is 2.80. The van der Waals surface area contributed by atoms with E-state index in [-0.39, 0.29) is 5.91 Å². The number of amides is 1. The van der Waals surface area contributed by atoms with E-state index >= 15 is 0 Å². The second-order valence-electron chi connectivity index (χ2n) is 5.64. The number of benzene rings is 1. The van der Waals surface area contributed by atoms with E-state index in [1.807, 2.05) is 50.2 Å². The summed E-state index contributed by atoms with van der Waals surface area (Å²) in [6, 6.07) is 11.3. The van der Waals surface area contributed by atoms with Crippen LogP contribution < -0.4 is 10.6 Å². The topological polar surface area (TPSA) is 76.1 Å². The Balaban J connectivity index is 2.13. The number of carbonyl (C=O) groups excluding carboxylic acids is 1. The van der Waals surface area contributed by atoms with E-state index in [4.69, 9.17) is 4.74 Å². The van der Waals surface area contributed by atoms with Crippen molar-refractivity contribution in [3.8, 4) is 0 Å². The molecule has 6 nitrogen and oxygen atoms in total. The SMILES string of the molecule is COCCNC(=O)[C@H](Cc1ccccc1)Nc1nc(C)cc(C)n1. The van der Waals surface area contributed by atoms with Gasteiger partial charge in [0.1, 0.15) is 6.04 Å². The van der Waals surface area contributed by atoms with Gasteiger partial charge in [-0.2, -0.15) is 0 Å². The molecule has 2 rings (SSSR count). The van der Waals surface area contributed by atoms with Crippen LogP contribution in [0.4, 0.5) is 5.95 Å². The maximum Gasteiger partial charge on any atom is 0.243 e. The summed E-state index contributed by atoms with van der Waals surface area (Å²) < 4.78 is 4.98. The molecular formula is C18H24N4O2. The zero-order valence-electron chi connectivity index (χ0n) is 14.4. The number of ether oxygens (including phenoxy) is 1. The van der Waals surface area contributed by atoms with Crippen molar-refractivity contribution in [1.29, 1.82) is 0 Å². The van der Waals surface area contributed by atoms with Gasteiger partial charge in [0.2, 0.25) is 11.9 Å². The van der Waals surface area contributed by atoms with Gasteiger partial charge in [-0.3, -0.25) is 4.79 Å². The first-order valence-electron chi connectivity index (χ1n) is 7.98. The van der Waals surface area contributed by atoms with Gasteiger partial charge in [0.25, 0.3) is 0 Å². The average molecular weight is 328 g/mol. The lowest BCUT2D eigenvalue weighted by molar-refractivity contribution is -0.122. The Morgan fingerprint density at radius 1 is 1.17 bits per heavy atom. The molecule has 0 radical (unpaired) electrons. The first-order valence-corrected chi connectivity index (χ1v) is 7.98. The van der Waals surface area contributed by atoms with Gasteiger partial charge in [-0.1, -0.05) is 30.3 Å². The molecule has 0 fully saturated rings. The highest BCUT2D eigenvalue weighted by Crippen LogP contribution is 2.10. The van der Waals surface area contributed by atoms with E-state index in [0.29, 0.717) is 25.5 Å². The van der Waals surface area contributed by atoms with Gasteiger partial charge in [0.05, 0.1) is 6.61 Å². The predicted molar refractivity (Wildman–Crippen MR) is 93.9 cm³/mol. The normalized spacial score (nSPS) is 11.8. The zero-order valence-corrected chi connectivity index (χ0v) is 14.4. The minimum absolute atomic E-state index is 0.0985. The highest BCUT2D eigenvalue weighted by atomic mass is 16.5. The Hall–Kier alpha value is -2.47. The second kappa shape index (κ2) is 8.98. The fourth-order valence-electron chi connectivity index (χ4n) is 2.40. The molecule has 1 heterocycles. The van der Waals surface area contributed by atoms with Gasteiger partial charge in [-0.05, 0) is 25.5 Å². The molecule has 0 saturated carbocycles. The van der Waals surface area contributed by atoms with Crippen LogP contribution in [0.3, 0.4) is 0 Å². The molecule has 0 bridgehead atoms. The van der Waals surface area contributed by atoms with Crippen molar-refractivity contribution >= 4 is 11.9 Å². The standard InChI is InChI=1S/C18H24N4O2/c1-13-11-14(2)21-18(20-13)22-16(17(23)19-9-10-24-3)12-15-7-5-4-6-8-15/h4-8,11,16H,9-10,12H2,1-3H3,(H,19,23)(H,20,21,22)/t16-/m0/s1. The molecule has 6 heteroatoms. The molecule has 0 aliphatic heterocycles. The molecule has 1 aromatic carbocycles. The predicted octanol–water partition coefficient (Wildman–Crippen LogP) is 1.88. The summed E-state index contributed by atoms with van der Waals surface area (Å²) >= 11 is 0. The number of hydrogen-bond acceptors (Lipinski definition) is 5. The summed E-state index contributed by atoms with van der Waals surface area (Å²) in [7, 11) is 1.61. The molecule has 0 aliphatic rings. The zero-order chi connectivity index (χ0) is 17.4. The summed E-state index contributed by atoms with van der Waals surface area (Å²) in [5, 5.41) is 6.03. The van der Waals surface area contributed by atoms with Gasteiger partial charge < -0.3 is 15.4 Å². The fourth-order valence-corrected chi connectivity index (χ4v) is 2.40. The molecular weight excluding hydrogens is 304 g/mol. The third kappa shape index (κ3) is 5.62. The van der Waals surface area contributed by atoms with Crippen molar-refractivity contribution in [2.24, 2.45) is 0 Å². The van der Waals surface area contributed by atoms with E-state index in [9.17, 15) is 4.79 Å². The number of aromatic nitrogens is 2. The first-order chi connectivity index (χ1) is 11.6. The summed E-state index contributed by atoms with van der Waals surface area (Å²) in [6.45, 7) is 4.76. The van der Waals surface area contributed by atoms with Crippen molar-refractivity contribution < 1.29 is 9.53 Å². The van der Waals surface area contributed by atoms with Gasteiger partial charge in [-0.15, -0.1) is 0 Å². The Bertz CT molecular complexity index is 641. The monoisotopic (exact) mass is 328 g/mol. The van der Waals surface area contributed by atoms with E-state index in [0.717, 1.165) is 17.0 Å². The Kier molecular flexibility index (Phi) is 6.69. The van der Waals surface area contributed by atoms with Crippen LogP contribution in [0.2, 0.25) is 0 Å². The number of rotatable bonds is 8. The third-order valence-corrected chi connectivity index (χ3v) is 3.49. The molecule has 0 unspecified atom stereocenters. The van der Waals surface area contributed by atoms with Crippen LogP contribution in [0.5, 0.6) is 0 Å². The minimum atomic E-state index is -0.453. The van der Waals surface area contributed by atoms with Crippen LogP contribution in [-0.4, -0.2) is 42.2 Å². The van der Waals surface area contributed by atoms with Crippen molar-refractivity contribution in [2.75, 3.05) is 25.6 Å². The lowest BCUT2D eigenvalue weighted by Crippen LogP contribution is -2.42. The summed E-state index contributed by atoms with van der Waals surface area (Å²) in [6.07, 6.45) is 0.552. The number of nitrogens with zero attached hydrogens (tertiary/aromatic N) is 2. The molecule has 24 heavy (non-hydrogen) atoms. The van der Waals surface area contributed by atoms with E-state index in [1.54, 1.807) is 7.11 Å². The van der Waals surface area contributed by atoms with Gasteiger partial charge in [-0.25, -0.2) is 9.97 Å². The average Bonchev–Trinajstić information content (AvgIpc) is 2.54. The molecule has 0 aliphatic carbocycles. The number of anilines is 1. The van der Waals surface area contributed by atoms with Gasteiger partial charge >= 0.3 is 0 Å². The number of aryl methyl sites for hydroxylation is 2. The van der Waals surface area contributed by atoms with E-state index in [2.05, 4.69) is 20.6 Å². The maximum absolute atomic E-state index is 12.5. The summed E-state index contributed by atoms with van der Waals surface area (Å²) in [4.78, 5) is 21.2. The van der Waals surface area contributed by atoms with Crippen molar-refractivity contribution in [3.63, 3.8) is 0 Å². The number of hydrogen-bond donors (Lipinski definition) is 2. The number of methoxy groups -OCH3 is 1. The van der Waals surface area contributed by atoms with E-state index in [1.165, 1.54) is 0 Å². The van der Waals surface area contributed by atoms with Crippen LogP contribution in [0.1, 0.15) is 17.0 Å². The largest absolute Gasteiger partial charge is 0.383 e. The quantitative estimate of drug-likeness (QED) is 0.724. The van der Waals surface area contributed by atoms with Crippen LogP contribution in [0, 0.1) is 13.8 Å². The molecule has 2 aromatic rings. The fraction of sp³-hybridized carbons (Fsp3) is 0.389. The third-order valence-electron chi connectivity index (χ3n) is 3.49.